The van der Waals surface area contributed by atoms with Crippen LogP contribution in [-0.2, 0) is 19.1 Å². The van der Waals surface area contributed by atoms with Crippen LogP contribution in [0.3, 0.4) is 0 Å². The fourth-order valence-corrected chi connectivity index (χ4v) is 3.91. The van der Waals surface area contributed by atoms with E-state index in [9.17, 15) is 19.2 Å². The topological polar surface area (TPSA) is 120 Å². The summed E-state index contributed by atoms with van der Waals surface area (Å²) in [7, 11) is 0. The number of amides is 4. The lowest BCUT2D eigenvalue weighted by Crippen LogP contribution is -2.45. The highest BCUT2D eigenvalue weighted by Gasteiger charge is 2.52. The Kier molecular flexibility index (Phi) is 6.35. The normalized spacial score (nSPS) is 18.1. The van der Waals surface area contributed by atoms with Crippen molar-refractivity contribution < 1.29 is 23.9 Å². The summed E-state index contributed by atoms with van der Waals surface area (Å²) < 4.78 is 5.22. The van der Waals surface area contributed by atoms with E-state index in [-0.39, 0.29) is 13.0 Å². The lowest BCUT2D eigenvalue weighted by molar-refractivity contribution is -0.155. The van der Waals surface area contributed by atoms with Gasteiger partial charge in [0.1, 0.15) is 12.1 Å². The second kappa shape index (κ2) is 8.95. The van der Waals surface area contributed by atoms with E-state index >= 15 is 0 Å². The van der Waals surface area contributed by atoms with E-state index in [1.54, 1.807) is 30.3 Å². The van der Waals surface area contributed by atoms with Crippen molar-refractivity contribution in [2.45, 2.75) is 50.7 Å². The summed E-state index contributed by atoms with van der Waals surface area (Å²) in [6.07, 6.45) is 1.77. The highest BCUT2D eigenvalue weighted by Crippen LogP contribution is 2.34. The zero-order chi connectivity index (χ0) is 21.7. The maximum atomic E-state index is 12.8. The standard InChI is InChI=1S/C21H24N4O5/c1-15(18(27)24(13-7-12-22)16-8-3-2-4-9-16)30-17(26)14-25-19(28)21(23-20(25)29)10-5-6-11-21/h2-4,8-9,15H,5-7,10-11,13-14H2,1H3,(H,23,29)/t15-/m0/s1. The predicted octanol–water partition coefficient (Wildman–Crippen LogP) is 1.73. The van der Waals surface area contributed by atoms with Gasteiger partial charge in [-0.1, -0.05) is 31.0 Å². The van der Waals surface area contributed by atoms with Gasteiger partial charge in [-0.15, -0.1) is 0 Å². The molecule has 0 unspecified atom stereocenters. The minimum Gasteiger partial charge on any atom is -0.451 e. The Morgan fingerprint density at radius 3 is 2.57 bits per heavy atom. The highest BCUT2D eigenvalue weighted by atomic mass is 16.5. The number of ether oxygens (including phenoxy) is 1. The lowest BCUT2D eigenvalue weighted by Gasteiger charge is -2.25. The van der Waals surface area contributed by atoms with Gasteiger partial charge in [0.15, 0.2) is 6.10 Å². The molecule has 1 N–H and O–H groups in total. The maximum Gasteiger partial charge on any atom is 0.327 e. The van der Waals surface area contributed by atoms with Crippen molar-refractivity contribution in [2.75, 3.05) is 18.0 Å². The van der Waals surface area contributed by atoms with Crippen molar-refractivity contribution in [3.05, 3.63) is 30.3 Å². The number of urea groups is 1. The third-order valence-corrected chi connectivity index (χ3v) is 5.43. The molecular formula is C21H24N4O5. The van der Waals surface area contributed by atoms with E-state index in [0.717, 1.165) is 17.7 Å². The summed E-state index contributed by atoms with van der Waals surface area (Å²) in [5.74, 6) is -1.75. The number of nitriles is 1. The van der Waals surface area contributed by atoms with Gasteiger partial charge in [0.05, 0.1) is 12.5 Å². The predicted molar refractivity (Wildman–Crippen MR) is 106 cm³/mol. The Hall–Kier alpha value is -3.41. The zero-order valence-corrected chi connectivity index (χ0v) is 16.8. The molecule has 3 rings (SSSR count). The number of anilines is 1. The molecule has 1 heterocycles. The average Bonchev–Trinajstić information content (AvgIpc) is 3.29. The first-order valence-corrected chi connectivity index (χ1v) is 9.95. The number of para-hydroxylation sites is 1. The van der Waals surface area contributed by atoms with Crippen LogP contribution in [0.5, 0.6) is 0 Å². The summed E-state index contributed by atoms with van der Waals surface area (Å²) in [4.78, 5) is 52.3. The molecule has 158 valence electrons. The Balaban J connectivity index is 1.63. The van der Waals surface area contributed by atoms with Gasteiger partial charge in [0.2, 0.25) is 0 Å². The molecule has 2 aliphatic rings. The number of hydrogen-bond acceptors (Lipinski definition) is 6. The van der Waals surface area contributed by atoms with Crippen LogP contribution in [0.2, 0.25) is 0 Å². The maximum absolute atomic E-state index is 12.8. The van der Waals surface area contributed by atoms with Crippen LogP contribution in [-0.4, -0.2) is 53.4 Å². The van der Waals surface area contributed by atoms with Crippen LogP contribution in [0.25, 0.3) is 0 Å². The van der Waals surface area contributed by atoms with Crippen molar-refractivity contribution in [3.8, 4) is 6.07 Å². The third kappa shape index (κ3) is 4.27. The van der Waals surface area contributed by atoms with Gasteiger partial charge in [-0.3, -0.25) is 19.3 Å². The first kappa shape index (κ1) is 21.3. The molecule has 1 saturated heterocycles. The summed E-state index contributed by atoms with van der Waals surface area (Å²) in [5.41, 5.74) is -0.321. The number of benzene rings is 1. The van der Waals surface area contributed by atoms with Gasteiger partial charge >= 0.3 is 12.0 Å². The Labute approximate surface area is 174 Å². The molecular weight excluding hydrogens is 388 g/mol. The fraction of sp³-hybridized carbons (Fsp3) is 0.476. The van der Waals surface area contributed by atoms with Gasteiger partial charge in [0, 0.05) is 12.2 Å². The highest BCUT2D eigenvalue weighted by molar-refractivity contribution is 6.09. The molecule has 9 heteroatoms. The van der Waals surface area contributed by atoms with Gasteiger partial charge in [-0.25, -0.2) is 4.79 Å². The molecule has 1 aromatic carbocycles. The average molecular weight is 412 g/mol. The van der Waals surface area contributed by atoms with E-state index < -0.39 is 42.0 Å². The number of rotatable bonds is 7. The van der Waals surface area contributed by atoms with Gasteiger partial charge in [0.25, 0.3) is 11.8 Å². The summed E-state index contributed by atoms with van der Waals surface area (Å²) in [5, 5.41) is 11.6. The molecule has 1 aliphatic heterocycles. The second-order valence-corrected chi connectivity index (χ2v) is 7.48. The van der Waals surface area contributed by atoms with Crippen molar-refractivity contribution in [1.29, 1.82) is 5.26 Å². The van der Waals surface area contributed by atoms with E-state index in [1.165, 1.54) is 11.8 Å². The molecule has 0 aromatic heterocycles. The van der Waals surface area contributed by atoms with Crippen LogP contribution >= 0.6 is 0 Å². The Morgan fingerprint density at radius 1 is 1.27 bits per heavy atom. The number of carbonyl (C=O) groups excluding carboxylic acids is 4. The summed E-state index contributed by atoms with van der Waals surface area (Å²) in [6.45, 7) is 1.03. The van der Waals surface area contributed by atoms with Crippen LogP contribution in [0.1, 0.15) is 39.0 Å². The first-order valence-electron chi connectivity index (χ1n) is 9.95. The molecule has 1 aromatic rings. The summed E-state index contributed by atoms with van der Waals surface area (Å²) in [6, 6.07) is 10.1. The van der Waals surface area contributed by atoms with Gasteiger partial charge < -0.3 is 15.0 Å². The number of hydrogen-bond donors (Lipinski definition) is 1. The monoisotopic (exact) mass is 412 g/mol. The minimum atomic E-state index is -1.14. The molecule has 0 bridgehead atoms. The van der Waals surface area contributed by atoms with Crippen molar-refractivity contribution in [1.82, 2.24) is 10.2 Å². The number of esters is 1. The van der Waals surface area contributed by atoms with Crippen LogP contribution in [0, 0.1) is 11.3 Å². The molecule has 1 saturated carbocycles. The van der Waals surface area contributed by atoms with Gasteiger partial charge in [-0.2, -0.15) is 5.26 Å². The van der Waals surface area contributed by atoms with Crippen LogP contribution < -0.4 is 10.2 Å². The lowest BCUT2D eigenvalue weighted by atomic mass is 9.98. The van der Waals surface area contributed by atoms with Crippen LogP contribution in [0.15, 0.2) is 30.3 Å². The smallest absolute Gasteiger partial charge is 0.327 e. The zero-order valence-electron chi connectivity index (χ0n) is 16.8. The fourth-order valence-electron chi connectivity index (χ4n) is 3.91. The number of carbonyl (C=O) groups is 4. The molecule has 1 atom stereocenters. The quantitative estimate of drug-likeness (QED) is 0.538. The third-order valence-electron chi connectivity index (χ3n) is 5.43. The number of nitrogens with zero attached hydrogens (tertiary/aromatic N) is 3. The number of nitrogens with one attached hydrogen (secondary N) is 1. The van der Waals surface area contributed by atoms with Crippen molar-refractivity contribution in [2.24, 2.45) is 0 Å². The molecule has 4 amide bonds. The van der Waals surface area contributed by atoms with E-state index in [2.05, 4.69) is 5.32 Å². The summed E-state index contributed by atoms with van der Waals surface area (Å²) >= 11 is 0. The Morgan fingerprint density at radius 2 is 1.93 bits per heavy atom. The van der Waals surface area contributed by atoms with Crippen LogP contribution in [0.4, 0.5) is 10.5 Å². The van der Waals surface area contributed by atoms with E-state index in [0.29, 0.717) is 18.5 Å². The van der Waals surface area contributed by atoms with Gasteiger partial charge in [-0.05, 0) is 31.9 Å². The molecule has 30 heavy (non-hydrogen) atoms. The molecule has 0 radical (unpaired) electrons. The molecule has 2 fully saturated rings. The molecule has 9 nitrogen and oxygen atoms in total. The van der Waals surface area contributed by atoms with Crippen molar-refractivity contribution >= 4 is 29.5 Å². The SMILES string of the molecule is C[C@H](OC(=O)CN1C(=O)NC2(CCCC2)C1=O)C(=O)N(CCC#N)c1ccccc1. The second-order valence-electron chi connectivity index (χ2n) is 7.48. The largest absolute Gasteiger partial charge is 0.451 e. The molecule has 1 spiro atoms. The molecule has 1 aliphatic carbocycles. The van der Waals surface area contributed by atoms with E-state index in [4.69, 9.17) is 10.00 Å². The van der Waals surface area contributed by atoms with Crippen molar-refractivity contribution in [3.63, 3.8) is 0 Å². The first-order chi connectivity index (χ1) is 14.4. The minimum absolute atomic E-state index is 0.117. The number of imide groups is 1. The Bertz CT molecular complexity index is 873. The van der Waals surface area contributed by atoms with E-state index in [1.807, 2.05) is 6.07 Å².